The number of amides is 1. The predicted octanol–water partition coefficient (Wildman–Crippen LogP) is 1.85. The zero-order valence-corrected chi connectivity index (χ0v) is 9.99. The van der Waals surface area contributed by atoms with E-state index in [-0.39, 0.29) is 11.9 Å². The maximum absolute atomic E-state index is 11.7. The van der Waals surface area contributed by atoms with Crippen LogP contribution >= 0.6 is 0 Å². The van der Waals surface area contributed by atoms with Crippen LogP contribution in [-0.2, 0) is 0 Å². The third-order valence-electron chi connectivity index (χ3n) is 2.44. The topological polar surface area (TPSA) is 55.1 Å². The normalized spacial score (nSPS) is 12.2. The van der Waals surface area contributed by atoms with E-state index in [1.54, 1.807) is 0 Å². The first-order chi connectivity index (χ1) is 7.59. The molecule has 88 valence electrons. The molecule has 0 aromatic heterocycles. The average Bonchev–Trinajstić information content (AvgIpc) is 2.25. The molecule has 1 aromatic carbocycles. The summed E-state index contributed by atoms with van der Waals surface area (Å²) in [7, 11) is 0. The van der Waals surface area contributed by atoms with Crippen LogP contribution < -0.4 is 11.1 Å². The zero-order valence-electron chi connectivity index (χ0n) is 9.99. The van der Waals surface area contributed by atoms with Crippen LogP contribution in [0.25, 0.3) is 0 Å². The number of nitrogens with one attached hydrogen (secondary N) is 1. The Morgan fingerprint density at radius 1 is 1.38 bits per heavy atom. The molecular weight excluding hydrogens is 200 g/mol. The van der Waals surface area contributed by atoms with Gasteiger partial charge in [-0.25, -0.2) is 0 Å². The molecule has 0 spiro atoms. The average molecular weight is 220 g/mol. The first kappa shape index (κ1) is 12.7. The maximum atomic E-state index is 11.7. The molecule has 0 saturated carbocycles. The number of rotatable bonds is 5. The van der Waals surface area contributed by atoms with Gasteiger partial charge in [-0.3, -0.25) is 4.79 Å². The molecule has 1 rings (SSSR count). The van der Waals surface area contributed by atoms with Crippen molar-refractivity contribution in [3.63, 3.8) is 0 Å². The Morgan fingerprint density at radius 3 is 2.56 bits per heavy atom. The highest BCUT2D eigenvalue weighted by molar-refractivity contribution is 5.94. The lowest BCUT2D eigenvalue weighted by Crippen LogP contribution is -2.26. The fourth-order valence-corrected chi connectivity index (χ4v) is 1.43. The van der Waals surface area contributed by atoms with E-state index in [2.05, 4.69) is 5.32 Å². The van der Waals surface area contributed by atoms with E-state index in [0.29, 0.717) is 12.1 Å². The van der Waals surface area contributed by atoms with Gasteiger partial charge < -0.3 is 11.1 Å². The highest BCUT2D eigenvalue weighted by Crippen LogP contribution is 2.02. The van der Waals surface area contributed by atoms with Gasteiger partial charge in [-0.1, -0.05) is 17.7 Å². The lowest BCUT2D eigenvalue weighted by molar-refractivity contribution is 0.0953. The molecule has 0 fully saturated rings. The van der Waals surface area contributed by atoms with Gasteiger partial charge in [0.1, 0.15) is 0 Å². The second-order valence-electron chi connectivity index (χ2n) is 4.24. The van der Waals surface area contributed by atoms with Crippen molar-refractivity contribution in [1.82, 2.24) is 5.32 Å². The maximum Gasteiger partial charge on any atom is 0.251 e. The van der Waals surface area contributed by atoms with E-state index in [1.807, 2.05) is 38.1 Å². The van der Waals surface area contributed by atoms with Crippen LogP contribution in [0, 0.1) is 6.92 Å². The highest BCUT2D eigenvalue weighted by Gasteiger charge is 2.03. The van der Waals surface area contributed by atoms with Crippen molar-refractivity contribution in [2.75, 3.05) is 6.54 Å². The number of benzene rings is 1. The second-order valence-corrected chi connectivity index (χ2v) is 4.24. The summed E-state index contributed by atoms with van der Waals surface area (Å²) in [5.74, 6) is -0.00956. The van der Waals surface area contributed by atoms with Gasteiger partial charge in [-0.2, -0.15) is 0 Å². The Bertz CT molecular complexity index is 330. The third-order valence-corrected chi connectivity index (χ3v) is 2.44. The Balaban J connectivity index is 2.32. The van der Waals surface area contributed by atoms with Gasteiger partial charge in [0.05, 0.1) is 0 Å². The number of carbonyl (C=O) groups excluding carboxylic acids is 1. The molecule has 1 aromatic rings. The molecule has 1 atom stereocenters. The molecule has 0 aliphatic carbocycles. The van der Waals surface area contributed by atoms with Crippen molar-refractivity contribution in [3.8, 4) is 0 Å². The standard InChI is InChI=1S/C13H20N2O/c1-10-5-7-12(8-6-10)13(16)15-9-3-4-11(2)14/h5-8,11H,3-4,9,14H2,1-2H3,(H,15,16). The first-order valence-electron chi connectivity index (χ1n) is 5.70. The second kappa shape index (κ2) is 6.28. The summed E-state index contributed by atoms with van der Waals surface area (Å²) in [5.41, 5.74) is 7.50. The summed E-state index contributed by atoms with van der Waals surface area (Å²) in [6, 6.07) is 7.77. The van der Waals surface area contributed by atoms with Gasteiger partial charge >= 0.3 is 0 Å². The molecule has 0 aliphatic rings. The molecule has 1 amide bonds. The lowest BCUT2D eigenvalue weighted by Gasteiger charge is -2.07. The summed E-state index contributed by atoms with van der Waals surface area (Å²) in [5, 5.41) is 2.88. The van der Waals surface area contributed by atoms with E-state index in [0.717, 1.165) is 18.4 Å². The van der Waals surface area contributed by atoms with Gasteiger partial charge in [0, 0.05) is 18.2 Å². The quantitative estimate of drug-likeness (QED) is 0.744. The van der Waals surface area contributed by atoms with Gasteiger partial charge in [-0.05, 0) is 38.8 Å². The minimum Gasteiger partial charge on any atom is -0.352 e. The Labute approximate surface area is 97.0 Å². The number of aryl methyl sites for hydroxylation is 1. The van der Waals surface area contributed by atoms with Crippen LogP contribution in [0.2, 0.25) is 0 Å². The van der Waals surface area contributed by atoms with Crippen molar-refractivity contribution < 1.29 is 4.79 Å². The third kappa shape index (κ3) is 4.45. The zero-order chi connectivity index (χ0) is 12.0. The van der Waals surface area contributed by atoms with E-state index >= 15 is 0 Å². The minimum atomic E-state index is -0.00956. The number of nitrogens with two attached hydrogens (primary N) is 1. The molecule has 0 saturated heterocycles. The highest BCUT2D eigenvalue weighted by atomic mass is 16.1. The monoisotopic (exact) mass is 220 g/mol. The van der Waals surface area contributed by atoms with Crippen LogP contribution in [-0.4, -0.2) is 18.5 Å². The minimum absolute atomic E-state index is 0.00956. The van der Waals surface area contributed by atoms with Crippen molar-refractivity contribution in [3.05, 3.63) is 35.4 Å². The number of hydrogen-bond acceptors (Lipinski definition) is 2. The van der Waals surface area contributed by atoms with Gasteiger partial charge in [-0.15, -0.1) is 0 Å². The molecule has 3 nitrogen and oxygen atoms in total. The van der Waals surface area contributed by atoms with Crippen molar-refractivity contribution in [2.24, 2.45) is 5.73 Å². The fourth-order valence-electron chi connectivity index (χ4n) is 1.43. The Morgan fingerprint density at radius 2 is 2.00 bits per heavy atom. The largest absolute Gasteiger partial charge is 0.352 e. The van der Waals surface area contributed by atoms with Crippen molar-refractivity contribution >= 4 is 5.91 Å². The predicted molar refractivity (Wildman–Crippen MR) is 66.4 cm³/mol. The Hall–Kier alpha value is -1.35. The molecule has 16 heavy (non-hydrogen) atoms. The fraction of sp³-hybridized carbons (Fsp3) is 0.462. The SMILES string of the molecule is Cc1ccc(C(=O)NCCCC(C)N)cc1. The molecular formula is C13H20N2O. The van der Waals surface area contributed by atoms with Crippen molar-refractivity contribution in [1.29, 1.82) is 0 Å². The van der Waals surface area contributed by atoms with Crippen LogP contribution in [0.5, 0.6) is 0 Å². The van der Waals surface area contributed by atoms with E-state index < -0.39 is 0 Å². The van der Waals surface area contributed by atoms with E-state index in [4.69, 9.17) is 5.73 Å². The van der Waals surface area contributed by atoms with Gasteiger partial charge in [0.25, 0.3) is 5.91 Å². The molecule has 0 aliphatic heterocycles. The summed E-state index contributed by atoms with van der Waals surface area (Å²) >= 11 is 0. The van der Waals surface area contributed by atoms with Gasteiger partial charge in [0.2, 0.25) is 0 Å². The summed E-state index contributed by atoms with van der Waals surface area (Å²) < 4.78 is 0. The van der Waals surface area contributed by atoms with Crippen LogP contribution in [0.3, 0.4) is 0 Å². The summed E-state index contributed by atoms with van der Waals surface area (Å²) in [6.07, 6.45) is 1.86. The smallest absolute Gasteiger partial charge is 0.251 e. The molecule has 3 N–H and O–H groups in total. The van der Waals surface area contributed by atoms with Gasteiger partial charge in [0.15, 0.2) is 0 Å². The van der Waals surface area contributed by atoms with E-state index in [1.165, 1.54) is 0 Å². The Kier molecular flexibility index (Phi) is 4.99. The molecule has 0 radical (unpaired) electrons. The summed E-state index contributed by atoms with van der Waals surface area (Å²) in [6.45, 7) is 4.67. The van der Waals surface area contributed by atoms with E-state index in [9.17, 15) is 4.79 Å². The number of hydrogen-bond donors (Lipinski definition) is 2. The first-order valence-corrected chi connectivity index (χ1v) is 5.70. The molecule has 1 unspecified atom stereocenters. The van der Waals surface area contributed by atoms with Crippen molar-refractivity contribution in [2.45, 2.75) is 32.7 Å². The van der Waals surface area contributed by atoms with Crippen LogP contribution in [0.4, 0.5) is 0 Å². The molecule has 0 heterocycles. The lowest BCUT2D eigenvalue weighted by atomic mass is 10.1. The van der Waals surface area contributed by atoms with Crippen LogP contribution in [0.15, 0.2) is 24.3 Å². The summed E-state index contributed by atoms with van der Waals surface area (Å²) in [4.78, 5) is 11.7. The number of carbonyl (C=O) groups is 1. The van der Waals surface area contributed by atoms with Crippen LogP contribution in [0.1, 0.15) is 35.7 Å². The molecule has 0 bridgehead atoms. The molecule has 3 heteroatoms.